The summed E-state index contributed by atoms with van der Waals surface area (Å²) in [5.74, 6) is -0.0415. The van der Waals surface area contributed by atoms with Crippen LogP contribution >= 0.6 is 0 Å². The number of nitriles is 1. The zero-order valence-electron chi connectivity index (χ0n) is 9.47. The molecule has 2 heteroatoms. The zero-order chi connectivity index (χ0) is 12.3. The summed E-state index contributed by atoms with van der Waals surface area (Å²) in [6.45, 7) is 1.80. The van der Waals surface area contributed by atoms with Crippen molar-refractivity contribution in [1.82, 2.24) is 0 Å². The fraction of sp³-hybridized carbons (Fsp3) is 0.0667. The predicted octanol–water partition coefficient (Wildman–Crippen LogP) is 3.10. The Bertz CT molecular complexity index is 594. The van der Waals surface area contributed by atoms with Crippen molar-refractivity contribution in [3.05, 3.63) is 70.8 Å². The highest BCUT2D eigenvalue weighted by Gasteiger charge is 2.12. The van der Waals surface area contributed by atoms with Crippen molar-refractivity contribution in [2.75, 3.05) is 0 Å². The lowest BCUT2D eigenvalue weighted by Crippen LogP contribution is -2.04. The number of hydrogen-bond donors (Lipinski definition) is 0. The van der Waals surface area contributed by atoms with Crippen molar-refractivity contribution >= 4 is 5.78 Å². The Morgan fingerprint density at radius 2 is 1.76 bits per heavy atom. The summed E-state index contributed by atoms with van der Waals surface area (Å²) in [4.78, 5) is 12.2. The van der Waals surface area contributed by atoms with Crippen molar-refractivity contribution in [3.8, 4) is 6.07 Å². The maximum atomic E-state index is 12.2. The van der Waals surface area contributed by atoms with E-state index < -0.39 is 0 Å². The van der Waals surface area contributed by atoms with Gasteiger partial charge in [-0.1, -0.05) is 42.5 Å². The van der Waals surface area contributed by atoms with Crippen LogP contribution in [0.3, 0.4) is 0 Å². The van der Waals surface area contributed by atoms with Crippen LogP contribution in [0.15, 0.2) is 48.5 Å². The third-order valence-corrected chi connectivity index (χ3v) is 2.73. The Morgan fingerprint density at radius 1 is 1.06 bits per heavy atom. The maximum Gasteiger partial charge on any atom is 0.193 e. The van der Waals surface area contributed by atoms with Gasteiger partial charge in [-0.05, 0) is 18.6 Å². The van der Waals surface area contributed by atoms with Crippen LogP contribution in [0.25, 0.3) is 0 Å². The molecule has 0 aliphatic rings. The van der Waals surface area contributed by atoms with E-state index in [4.69, 9.17) is 5.26 Å². The highest BCUT2D eigenvalue weighted by atomic mass is 16.1. The number of benzene rings is 2. The molecule has 0 fully saturated rings. The molecular weight excluding hydrogens is 210 g/mol. The highest BCUT2D eigenvalue weighted by Crippen LogP contribution is 2.17. The molecule has 0 saturated heterocycles. The molecule has 2 aromatic rings. The van der Waals surface area contributed by atoms with Gasteiger partial charge < -0.3 is 0 Å². The molecule has 0 aromatic heterocycles. The third-order valence-electron chi connectivity index (χ3n) is 2.73. The van der Waals surface area contributed by atoms with Gasteiger partial charge in [0.25, 0.3) is 0 Å². The summed E-state index contributed by atoms with van der Waals surface area (Å²) in [5.41, 5.74) is 2.52. The van der Waals surface area contributed by atoms with Crippen LogP contribution in [0, 0.1) is 18.3 Å². The predicted molar refractivity (Wildman–Crippen MR) is 65.8 cm³/mol. The molecule has 0 radical (unpaired) electrons. The van der Waals surface area contributed by atoms with Crippen LogP contribution in [0.1, 0.15) is 27.0 Å². The molecule has 0 atom stereocenters. The van der Waals surface area contributed by atoms with Gasteiger partial charge >= 0.3 is 0 Å². The smallest absolute Gasteiger partial charge is 0.193 e. The number of ketones is 1. The van der Waals surface area contributed by atoms with Crippen molar-refractivity contribution in [3.63, 3.8) is 0 Å². The van der Waals surface area contributed by atoms with Gasteiger partial charge in [0, 0.05) is 11.1 Å². The lowest BCUT2D eigenvalue weighted by atomic mass is 9.96. The first-order valence-corrected chi connectivity index (χ1v) is 5.33. The van der Waals surface area contributed by atoms with Gasteiger partial charge in [0.1, 0.15) is 0 Å². The normalized spacial score (nSPS) is 9.65. The van der Waals surface area contributed by atoms with Gasteiger partial charge in [-0.25, -0.2) is 0 Å². The van der Waals surface area contributed by atoms with E-state index in [0.29, 0.717) is 16.7 Å². The first-order chi connectivity index (χ1) is 8.24. The SMILES string of the molecule is Cc1c(C#N)cccc1C(=O)c1ccccc1. The van der Waals surface area contributed by atoms with Crippen LogP contribution in [0.4, 0.5) is 0 Å². The van der Waals surface area contributed by atoms with E-state index in [2.05, 4.69) is 6.07 Å². The first kappa shape index (κ1) is 11.1. The Hall–Kier alpha value is -2.40. The molecule has 0 amide bonds. The molecule has 0 unspecified atom stereocenters. The van der Waals surface area contributed by atoms with Gasteiger partial charge in [-0.15, -0.1) is 0 Å². The fourth-order valence-corrected chi connectivity index (χ4v) is 1.75. The van der Waals surface area contributed by atoms with Gasteiger partial charge in [-0.2, -0.15) is 5.26 Å². The maximum absolute atomic E-state index is 12.2. The van der Waals surface area contributed by atoms with Crippen LogP contribution in [0.5, 0.6) is 0 Å². The lowest BCUT2D eigenvalue weighted by molar-refractivity contribution is 0.103. The molecule has 17 heavy (non-hydrogen) atoms. The molecule has 0 N–H and O–H groups in total. The number of nitrogens with zero attached hydrogens (tertiary/aromatic N) is 1. The first-order valence-electron chi connectivity index (χ1n) is 5.33. The number of carbonyl (C=O) groups excluding carboxylic acids is 1. The van der Waals surface area contributed by atoms with E-state index in [0.717, 1.165) is 5.56 Å². The topological polar surface area (TPSA) is 40.9 Å². The number of carbonyl (C=O) groups is 1. The van der Waals surface area contributed by atoms with Crippen molar-refractivity contribution in [2.24, 2.45) is 0 Å². The summed E-state index contributed by atoms with van der Waals surface area (Å²) < 4.78 is 0. The average Bonchev–Trinajstić information content (AvgIpc) is 2.39. The van der Waals surface area contributed by atoms with E-state index in [1.165, 1.54) is 0 Å². The molecule has 0 aliphatic heterocycles. The number of rotatable bonds is 2. The Labute approximate surface area is 100 Å². The van der Waals surface area contributed by atoms with Crippen molar-refractivity contribution in [2.45, 2.75) is 6.92 Å². The lowest BCUT2D eigenvalue weighted by Gasteiger charge is -2.06. The molecule has 2 aromatic carbocycles. The molecule has 0 aliphatic carbocycles. The van der Waals surface area contributed by atoms with Gasteiger partial charge in [-0.3, -0.25) is 4.79 Å². The quantitative estimate of drug-likeness (QED) is 0.731. The Kier molecular flexibility index (Phi) is 3.02. The molecule has 2 nitrogen and oxygen atoms in total. The van der Waals surface area contributed by atoms with Gasteiger partial charge in [0.15, 0.2) is 5.78 Å². The highest BCUT2D eigenvalue weighted by molar-refractivity contribution is 6.10. The van der Waals surface area contributed by atoms with E-state index in [9.17, 15) is 4.79 Å². The monoisotopic (exact) mass is 221 g/mol. The van der Waals surface area contributed by atoms with Crippen LogP contribution < -0.4 is 0 Å². The van der Waals surface area contributed by atoms with E-state index in [-0.39, 0.29) is 5.78 Å². The Morgan fingerprint density at radius 3 is 2.41 bits per heavy atom. The molecule has 0 bridgehead atoms. The second kappa shape index (κ2) is 4.63. The molecule has 0 heterocycles. The van der Waals surface area contributed by atoms with Crippen molar-refractivity contribution < 1.29 is 4.79 Å². The number of hydrogen-bond acceptors (Lipinski definition) is 2. The van der Waals surface area contributed by atoms with E-state index >= 15 is 0 Å². The van der Waals surface area contributed by atoms with Gasteiger partial charge in [0.2, 0.25) is 0 Å². The summed E-state index contributed by atoms with van der Waals surface area (Å²) in [7, 11) is 0. The standard InChI is InChI=1S/C15H11NO/c1-11-13(10-16)8-5-9-14(11)15(17)12-6-3-2-4-7-12/h2-9H,1H3. The van der Waals surface area contributed by atoms with Crippen LogP contribution in [-0.4, -0.2) is 5.78 Å². The summed E-state index contributed by atoms with van der Waals surface area (Å²) in [5, 5.41) is 8.93. The molecular formula is C15H11NO. The summed E-state index contributed by atoms with van der Waals surface area (Å²) in [6, 6.07) is 16.4. The molecule has 0 saturated carbocycles. The molecule has 82 valence electrons. The van der Waals surface area contributed by atoms with E-state index in [1.807, 2.05) is 18.2 Å². The third kappa shape index (κ3) is 2.09. The second-order valence-electron chi connectivity index (χ2n) is 3.79. The summed E-state index contributed by atoms with van der Waals surface area (Å²) >= 11 is 0. The average molecular weight is 221 g/mol. The minimum absolute atomic E-state index is 0.0415. The largest absolute Gasteiger partial charge is 0.289 e. The zero-order valence-corrected chi connectivity index (χ0v) is 9.47. The minimum atomic E-state index is -0.0415. The molecule has 2 rings (SSSR count). The Balaban J connectivity index is 2.50. The van der Waals surface area contributed by atoms with E-state index in [1.54, 1.807) is 37.3 Å². The van der Waals surface area contributed by atoms with Gasteiger partial charge in [0.05, 0.1) is 11.6 Å². The molecule has 0 spiro atoms. The van der Waals surface area contributed by atoms with Crippen LogP contribution in [-0.2, 0) is 0 Å². The second-order valence-corrected chi connectivity index (χ2v) is 3.79. The van der Waals surface area contributed by atoms with Crippen LogP contribution in [0.2, 0.25) is 0 Å². The fourth-order valence-electron chi connectivity index (χ4n) is 1.75. The summed E-state index contributed by atoms with van der Waals surface area (Å²) in [6.07, 6.45) is 0. The minimum Gasteiger partial charge on any atom is -0.289 e. The van der Waals surface area contributed by atoms with Crippen molar-refractivity contribution in [1.29, 1.82) is 5.26 Å².